The van der Waals surface area contributed by atoms with Crippen molar-refractivity contribution in [2.75, 3.05) is 9.80 Å². The van der Waals surface area contributed by atoms with Crippen LogP contribution in [-0.4, -0.2) is 11.8 Å². The number of hydrogen-bond donors (Lipinski definition) is 0. The van der Waals surface area contributed by atoms with Crippen LogP contribution in [0, 0.1) is 12.7 Å². The maximum atomic E-state index is 15.8. The minimum atomic E-state index is -0.426. The van der Waals surface area contributed by atoms with Crippen molar-refractivity contribution < 1.29 is 4.39 Å². The maximum Gasteiger partial charge on any atom is 0.138 e. The molecule has 10 aromatic carbocycles. The van der Waals surface area contributed by atoms with Crippen molar-refractivity contribution in [2.45, 2.75) is 37.9 Å². The second-order valence-corrected chi connectivity index (χ2v) is 20.6. The highest BCUT2D eigenvalue weighted by atomic mass is 32.1. The minimum absolute atomic E-state index is 0.157. The van der Waals surface area contributed by atoms with E-state index in [1.807, 2.05) is 23.5 Å². The summed E-state index contributed by atoms with van der Waals surface area (Å²) in [5, 5.41) is 7.19. The lowest BCUT2D eigenvalue weighted by molar-refractivity contribution is 0.526. The molecule has 3 atom stereocenters. The Hall–Kier alpha value is -8.38. The Balaban J connectivity index is 1.16. The highest BCUT2D eigenvalue weighted by Crippen LogP contribution is 2.62. The molecule has 72 heavy (non-hydrogen) atoms. The number of allylic oxidation sites excluding steroid dienone is 1. The summed E-state index contributed by atoms with van der Waals surface area (Å²) in [4.78, 5) is 10.9. The van der Waals surface area contributed by atoms with Crippen molar-refractivity contribution in [3.8, 4) is 33.4 Å². The quantitative estimate of drug-likeness (QED) is 0.160. The van der Waals surface area contributed by atoms with Gasteiger partial charge < -0.3 is 9.80 Å². The van der Waals surface area contributed by atoms with Crippen LogP contribution < -0.4 is 9.80 Å². The molecular weight excluding hydrogens is 898 g/mol. The average molecular weight is 946 g/mol. The lowest BCUT2D eigenvalue weighted by atomic mass is 9.79. The van der Waals surface area contributed by atoms with Crippen LogP contribution in [0.2, 0.25) is 0 Å². The topological polar surface area (TPSA) is 18.8 Å². The van der Waals surface area contributed by atoms with Gasteiger partial charge in [0.1, 0.15) is 12.0 Å². The molecule has 0 radical (unpaired) electrons. The van der Waals surface area contributed by atoms with Crippen molar-refractivity contribution in [1.29, 1.82) is 0 Å². The number of halogens is 1. The standard InChI is InChI=1S/C67H48FN3S/c1-4-58-52-35-31-48(68)39-57(52)53-33-30-47-36-40(2)61-56-34-29-46(43-20-10-6-11-21-43)38-60(56)72-66(61)62(47)67-70(41(3)63(53)69-58)64-54-26-16-14-24-50(54)51-25-15-17-27-55(51)65(64)71(67)59-37-45(42-18-8-5-9-19-42)28-32-49(59)44-22-12-7-13-23-44/h4-29,31-32,34-39,53,63,67H,1,3,30,33H2,2H3. The normalized spacial score (nSPS) is 17.2. The van der Waals surface area contributed by atoms with Gasteiger partial charge in [0.2, 0.25) is 0 Å². The van der Waals surface area contributed by atoms with E-state index in [0.29, 0.717) is 0 Å². The van der Waals surface area contributed by atoms with Crippen LogP contribution in [0.4, 0.5) is 21.5 Å². The Labute approximate surface area is 422 Å². The second kappa shape index (κ2) is 16.6. The van der Waals surface area contributed by atoms with Crippen LogP contribution in [0.1, 0.15) is 46.3 Å². The van der Waals surface area contributed by atoms with Gasteiger partial charge in [0.05, 0.1) is 28.8 Å². The van der Waals surface area contributed by atoms with E-state index in [2.05, 4.69) is 205 Å². The van der Waals surface area contributed by atoms with Crippen LogP contribution in [-0.2, 0) is 6.42 Å². The van der Waals surface area contributed by atoms with Crippen LogP contribution in [0.5, 0.6) is 0 Å². The molecule has 344 valence electrons. The van der Waals surface area contributed by atoms with Gasteiger partial charge >= 0.3 is 0 Å². The SMILES string of the molecule is C=CC1=NC2C(=C)N3c4c(c5ccccc5c5ccccc45)N(c4cc(-c5ccccc5)ccc4-c4ccccc4)C3c3c(cc(C)c4c3sc3cc(-c5ccccc5)ccc34)CCC2c2cc(F)ccc21. The predicted molar refractivity (Wildman–Crippen MR) is 303 cm³/mol. The van der Waals surface area contributed by atoms with Gasteiger partial charge in [-0.15, -0.1) is 11.3 Å². The molecule has 0 saturated heterocycles. The van der Waals surface area contributed by atoms with E-state index in [0.717, 1.165) is 85.5 Å². The molecule has 3 aliphatic heterocycles. The van der Waals surface area contributed by atoms with Gasteiger partial charge in [0.25, 0.3) is 0 Å². The molecule has 0 bridgehead atoms. The molecule has 5 heteroatoms. The summed E-state index contributed by atoms with van der Waals surface area (Å²) in [6.45, 7) is 11.8. The number of rotatable bonds is 5. The summed E-state index contributed by atoms with van der Waals surface area (Å²) in [5.74, 6) is -0.406. The van der Waals surface area contributed by atoms with Gasteiger partial charge in [-0.2, -0.15) is 0 Å². The zero-order valence-corrected chi connectivity index (χ0v) is 40.6. The molecule has 0 fully saturated rings. The zero-order valence-electron chi connectivity index (χ0n) is 39.8. The lowest BCUT2D eigenvalue weighted by Crippen LogP contribution is -2.39. The second-order valence-electron chi connectivity index (χ2n) is 19.5. The fourth-order valence-corrected chi connectivity index (χ4v) is 13.9. The number of fused-ring (bicyclic) bond motifs is 17. The first-order chi connectivity index (χ1) is 35.4. The largest absolute Gasteiger partial charge is 0.316 e. The van der Waals surface area contributed by atoms with E-state index in [4.69, 9.17) is 11.6 Å². The number of hydrogen-bond acceptors (Lipinski definition) is 4. The molecule has 0 N–H and O–H groups in total. The molecule has 11 aromatic rings. The van der Waals surface area contributed by atoms with Crippen molar-refractivity contribution in [3.63, 3.8) is 0 Å². The van der Waals surface area contributed by atoms with Crippen molar-refractivity contribution in [1.82, 2.24) is 0 Å². The Morgan fingerprint density at radius 3 is 1.83 bits per heavy atom. The third-order valence-corrected chi connectivity index (χ3v) is 16.8. The van der Waals surface area contributed by atoms with Gasteiger partial charge in [-0.05, 0) is 111 Å². The molecule has 3 unspecified atom stereocenters. The molecule has 0 saturated carbocycles. The number of aryl methyl sites for hydroxylation is 2. The monoisotopic (exact) mass is 945 g/mol. The molecule has 4 heterocycles. The number of aliphatic imine (C=N–C) groups is 1. The first kappa shape index (κ1) is 42.5. The molecule has 14 rings (SSSR count). The lowest BCUT2D eigenvalue weighted by Gasteiger charge is -2.39. The number of anilines is 3. The van der Waals surface area contributed by atoms with Gasteiger partial charge in [0, 0.05) is 59.3 Å². The summed E-state index contributed by atoms with van der Waals surface area (Å²) < 4.78 is 18.3. The van der Waals surface area contributed by atoms with Gasteiger partial charge in [-0.3, -0.25) is 4.99 Å². The minimum Gasteiger partial charge on any atom is -0.316 e. The first-order valence-electron chi connectivity index (χ1n) is 24.9. The fraction of sp³-hybridized carbons (Fsp3) is 0.0896. The van der Waals surface area contributed by atoms with E-state index in [9.17, 15) is 0 Å². The average Bonchev–Trinajstić information content (AvgIpc) is 4.01. The van der Waals surface area contributed by atoms with E-state index in [1.165, 1.54) is 58.8 Å². The Morgan fingerprint density at radius 1 is 0.583 bits per heavy atom. The number of benzene rings is 10. The highest BCUT2D eigenvalue weighted by molar-refractivity contribution is 7.26. The van der Waals surface area contributed by atoms with Gasteiger partial charge in [-0.1, -0.05) is 183 Å². The van der Waals surface area contributed by atoms with Crippen LogP contribution in [0.25, 0.3) is 75.1 Å². The fourth-order valence-electron chi connectivity index (χ4n) is 12.5. The third-order valence-electron chi connectivity index (χ3n) is 15.6. The van der Waals surface area contributed by atoms with Crippen molar-refractivity contribution >= 4 is 75.8 Å². The maximum absolute atomic E-state index is 15.8. The van der Waals surface area contributed by atoms with Crippen molar-refractivity contribution in [2.24, 2.45) is 4.99 Å². The third kappa shape index (κ3) is 6.43. The number of nitrogens with zero attached hydrogens (tertiary/aromatic N) is 3. The van der Waals surface area contributed by atoms with E-state index in [-0.39, 0.29) is 11.7 Å². The summed E-state index contributed by atoms with van der Waals surface area (Å²) in [6.07, 6.45) is 2.91. The molecule has 0 spiro atoms. The summed E-state index contributed by atoms with van der Waals surface area (Å²) in [6, 6.07) is 71.4. The molecule has 1 aromatic heterocycles. The van der Waals surface area contributed by atoms with E-state index >= 15 is 4.39 Å². The first-order valence-corrected chi connectivity index (χ1v) is 25.7. The van der Waals surface area contributed by atoms with Gasteiger partial charge in [-0.25, -0.2) is 4.39 Å². The predicted octanol–water partition coefficient (Wildman–Crippen LogP) is 18.1. The summed E-state index contributed by atoms with van der Waals surface area (Å²) >= 11 is 1.90. The molecule has 0 aliphatic carbocycles. The van der Waals surface area contributed by atoms with Crippen LogP contribution >= 0.6 is 11.3 Å². The molecule has 3 nitrogen and oxygen atoms in total. The Morgan fingerprint density at radius 2 is 1.17 bits per heavy atom. The summed E-state index contributed by atoms with van der Waals surface area (Å²) in [5.41, 5.74) is 17.6. The van der Waals surface area contributed by atoms with Crippen LogP contribution in [0.15, 0.2) is 230 Å². The molecule has 0 amide bonds. The Kier molecular flexibility index (Phi) is 9.81. The Bertz CT molecular complexity index is 4080. The van der Waals surface area contributed by atoms with Gasteiger partial charge in [0.15, 0.2) is 0 Å². The smallest absolute Gasteiger partial charge is 0.138 e. The number of thiophene rings is 1. The summed E-state index contributed by atoms with van der Waals surface area (Å²) in [7, 11) is 0. The zero-order chi connectivity index (χ0) is 48.2. The van der Waals surface area contributed by atoms with Crippen LogP contribution in [0.3, 0.4) is 0 Å². The highest BCUT2D eigenvalue weighted by Gasteiger charge is 2.48. The molecular formula is C67H48FN3S. The van der Waals surface area contributed by atoms with E-state index < -0.39 is 12.2 Å². The van der Waals surface area contributed by atoms with E-state index in [1.54, 1.807) is 12.1 Å². The van der Waals surface area contributed by atoms with Crippen molar-refractivity contribution in [3.05, 3.63) is 259 Å². The molecule has 3 aliphatic rings.